The summed E-state index contributed by atoms with van der Waals surface area (Å²) < 4.78 is 2.16. The van der Waals surface area contributed by atoms with Gasteiger partial charge in [0.05, 0.1) is 10.5 Å². The first-order valence-electron chi connectivity index (χ1n) is 12.3. The third-order valence-electron chi connectivity index (χ3n) is 6.54. The number of anilines is 1. The largest absolute Gasteiger partial charge is 0.355 e. The number of pyridine rings is 1. The van der Waals surface area contributed by atoms with Gasteiger partial charge < -0.3 is 4.90 Å². The van der Waals surface area contributed by atoms with E-state index in [1.54, 1.807) is 15.4 Å². The van der Waals surface area contributed by atoms with Crippen molar-refractivity contribution in [3.63, 3.8) is 0 Å². The molecule has 0 bridgehead atoms. The highest BCUT2D eigenvalue weighted by Crippen LogP contribution is 2.34. The molecule has 0 N–H and O–H groups in total. The van der Waals surface area contributed by atoms with Gasteiger partial charge in [-0.3, -0.25) is 18.9 Å². The van der Waals surface area contributed by atoms with Crippen LogP contribution in [0.1, 0.15) is 64.0 Å². The van der Waals surface area contributed by atoms with Gasteiger partial charge in [-0.25, -0.2) is 4.98 Å². The second-order valence-corrected chi connectivity index (χ2v) is 11.5. The molecule has 0 spiro atoms. The molecule has 2 aromatic rings. The van der Waals surface area contributed by atoms with Gasteiger partial charge in [-0.15, -0.1) is 0 Å². The van der Waals surface area contributed by atoms with Crippen molar-refractivity contribution in [3.05, 3.63) is 44.7 Å². The number of thiocarbonyl (C=S) groups is 1. The fraction of sp³-hybridized carbons (Fsp3) is 0.538. The van der Waals surface area contributed by atoms with Crippen molar-refractivity contribution in [1.29, 1.82) is 0 Å². The van der Waals surface area contributed by atoms with Crippen LogP contribution in [-0.2, 0) is 4.79 Å². The van der Waals surface area contributed by atoms with E-state index in [4.69, 9.17) is 17.2 Å². The van der Waals surface area contributed by atoms with E-state index in [9.17, 15) is 9.59 Å². The molecule has 4 rings (SSSR count). The number of aryl methyl sites for hydroxylation is 1. The van der Waals surface area contributed by atoms with Crippen LogP contribution in [0.2, 0.25) is 0 Å². The molecule has 2 aliphatic rings. The summed E-state index contributed by atoms with van der Waals surface area (Å²) in [5, 5.41) is 0. The Morgan fingerprint density at radius 1 is 1.15 bits per heavy atom. The molecule has 1 amide bonds. The number of nitrogens with zero attached hydrogens (tertiary/aromatic N) is 4. The highest BCUT2D eigenvalue weighted by Gasteiger charge is 2.33. The second-order valence-electron chi connectivity index (χ2n) is 9.83. The topological polar surface area (TPSA) is 57.9 Å². The summed E-state index contributed by atoms with van der Waals surface area (Å²) in [6.07, 6.45) is 9.02. The third-order valence-corrected chi connectivity index (χ3v) is 7.92. The normalized spacial score (nSPS) is 22.4. The van der Waals surface area contributed by atoms with Gasteiger partial charge in [0.25, 0.3) is 11.5 Å². The number of carbonyl (C=O) groups is 1. The van der Waals surface area contributed by atoms with E-state index in [-0.39, 0.29) is 11.5 Å². The minimum absolute atomic E-state index is 0.105. The number of aromatic nitrogens is 2. The Hall–Kier alpha value is -2.19. The predicted octanol–water partition coefficient (Wildman–Crippen LogP) is 5.27. The first-order chi connectivity index (χ1) is 16.3. The molecule has 34 heavy (non-hydrogen) atoms. The van der Waals surface area contributed by atoms with E-state index in [1.165, 1.54) is 11.8 Å². The molecule has 182 valence electrons. The van der Waals surface area contributed by atoms with E-state index < -0.39 is 0 Å². The number of hydrogen-bond acceptors (Lipinski definition) is 6. The summed E-state index contributed by atoms with van der Waals surface area (Å²) in [6.45, 7) is 10.9. The molecule has 0 aliphatic carbocycles. The van der Waals surface area contributed by atoms with Crippen LogP contribution in [0, 0.1) is 18.8 Å². The van der Waals surface area contributed by atoms with E-state index >= 15 is 0 Å². The van der Waals surface area contributed by atoms with Crippen molar-refractivity contribution >= 4 is 51.7 Å². The third kappa shape index (κ3) is 5.23. The fourth-order valence-electron chi connectivity index (χ4n) is 4.97. The number of piperidine rings is 1. The lowest BCUT2D eigenvalue weighted by Gasteiger charge is -2.36. The zero-order valence-electron chi connectivity index (χ0n) is 20.5. The zero-order chi connectivity index (χ0) is 24.4. The molecule has 0 aromatic carbocycles. The molecule has 2 atom stereocenters. The first-order valence-corrected chi connectivity index (χ1v) is 13.5. The van der Waals surface area contributed by atoms with Gasteiger partial charge >= 0.3 is 0 Å². The Balaban J connectivity index is 1.75. The molecule has 0 radical (unpaired) electrons. The number of unbranched alkanes of at least 4 members (excludes halogenated alkanes) is 3. The molecule has 0 saturated carbocycles. The average molecular weight is 499 g/mol. The lowest BCUT2D eigenvalue weighted by Crippen LogP contribution is -2.40. The summed E-state index contributed by atoms with van der Waals surface area (Å²) >= 11 is 6.81. The van der Waals surface area contributed by atoms with Gasteiger partial charge in [0.2, 0.25) is 0 Å². The molecule has 2 fully saturated rings. The number of rotatable bonds is 7. The molecular formula is C26H34N4O2S2. The number of thioether (sulfide) groups is 1. The maximum absolute atomic E-state index is 13.7. The van der Waals surface area contributed by atoms with E-state index in [0.717, 1.165) is 50.8 Å². The molecular weight excluding hydrogens is 464 g/mol. The van der Waals surface area contributed by atoms with Gasteiger partial charge in [0.15, 0.2) is 0 Å². The SMILES string of the molecule is CCCCCCN1C(=O)C(=Cc2c(N3CC(C)CC(C)C3)nc3ccc(C)cn3c2=O)SC1=S. The summed E-state index contributed by atoms with van der Waals surface area (Å²) in [5.74, 6) is 1.58. The van der Waals surface area contributed by atoms with Crippen LogP contribution in [0.25, 0.3) is 11.7 Å². The number of carbonyl (C=O) groups excluding carboxylic acids is 1. The van der Waals surface area contributed by atoms with Gasteiger partial charge in [0, 0.05) is 25.8 Å². The van der Waals surface area contributed by atoms with Crippen LogP contribution in [0.3, 0.4) is 0 Å². The van der Waals surface area contributed by atoms with Crippen LogP contribution in [0.5, 0.6) is 0 Å². The van der Waals surface area contributed by atoms with Crippen LogP contribution in [0.4, 0.5) is 5.82 Å². The lowest BCUT2D eigenvalue weighted by molar-refractivity contribution is -0.122. The number of hydrogen-bond donors (Lipinski definition) is 0. The Bertz CT molecular complexity index is 1180. The Kier molecular flexibility index (Phi) is 7.77. The van der Waals surface area contributed by atoms with Crippen LogP contribution >= 0.6 is 24.0 Å². The van der Waals surface area contributed by atoms with Crippen LogP contribution < -0.4 is 10.5 Å². The molecule has 4 heterocycles. The van der Waals surface area contributed by atoms with Gasteiger partial charge in [-0.2, -0.15) is 0 Å². The van der Waals surface area contributed by atoms with Gasteiger partial charge in [-0.05, 0) is 49.3 Å². The quantitative estimate of drug-likeness (QED) is 0.295. The highest BCUT2D eigenvalue weighted by molar-refractivity contribution is 8.26. The minimum atomic E-state index is -0.150. The maximum Gasteiger partial charge on any atom is 0.267 e. The smallest absolute Gasteiger partial charge is 0.267 e. The van der Waals surface area contributed by atoms with Crippen molar-refractivity contribution in [2.75, 3.05) is 24.5 Å². The summed E-state index contributed by atoms with van der Waals surface area (Å²) in [5.41, 5.74) is 1.92. The van der Waals surface area contributed by atoms with Crippen molar-refractivity contribution in [3.8, 4) is 0 Å². The van der Waals surface area contributed by atoms with Crippen molar-refractivity contribution in [1.82, 2.24) is 14.3 Å². The van der Waals surface area contributed by atoms with E-state index in [2.05, 4.69) is 25.7 Å². The summed E-state index contributed by atoms with van der Waals surface area (Å²) in [4.78, 5) is 36.2. The molecule has 2 aliphatic heterocycles. The van der Waals surface area contributed by atoms with E-state index in [0.29, 0.717) is 44.6 Å². The lowest BCUT2D eigenvalue weighted by atomic mass is 9.91. The predicted molar refractivity (Wildman–Crippen MR) is 145 cm³/mol. The Morgan fingerprint density at radius 2 is 1.88 bits per heavy atom. The first kappa shape index (κ1) is 24.9. The standard InChI is InChI=1S/C26H34N4O2S2/c1-5-6-7-8-11-29-25(32)21(34-26(29)33)13-20-23(28-14-18(3)12-19(4)15-28)27-22-10-9-17(2)16-30(22)24(20)31/h9-10,13,16,18-19H,5-8,11-12,14-15H2,1-4H3. The Morgan fingerprint density at radius 3 is 2.59 bits per heavy atom. The van der Waals surface area contributed by atoms with Crippen molar-refractivity contribution in [2.45, 2.75) is 59.8 Å². The summed E-state index contributed by atoms with van der Waals surface area (Å²) in [7, 11) is 0. The monoisotopic (exact) mass is 498 g/mol. The molecule has 2 unspecified atom stereocenters. The number of amides is 1. The van der Waals surface area contributed by atoms with Gasteiger partial charge in [-0.1, -0.05) is 70.1 Å². The minimum Gasteiger partial charge on any atom is -0.355 e. The summed E-state index contributed by atoms with van der Waals surface area (Å²) in [6, 6.07) is 3.85. The maximum atomic E-state index is 13.7. The second kappa shape index (κ2) is 10.6. The van der Waals surface area contributed by atoms with E-state index in [1.807, 2.05) is 25.3 Å². The molecule has 2 aromatic heterocycles. The van der Waals surface area contributed by atoms with Crippen molar-refractivity contribution in [2.24, 2.45) is 11.8 Å². The Labute approximate surface area is 211 Å². The molecule has 8 heteroatoms. The number of fused-ring (bicyclic) bond motifs is 1. The molecule has 6 nitrogen and oxygen atoms in total. The highest BCUT2D eigenvalue weighted by atomic mass is 32.2. The van der Waals surface area contributed by atoms with Crippen LogP contribution in [-0.4, -0.2) is 44.1 Å². The van der Waals surface area contributed by atoms with Crippen molar-refractivity contribution < 1.29 is 4.79 Å². The zero-order valence-corrected chi connectivity index (χ0v) is 22.2. The average Bonchev–Trinajstić information content (AvgIpc) is 3.05. The molecule has 2 saturated heterocycles. The fourth-order valence-corrected chi connectivity index (χ4v) is 6.26. The van der Waals surface area contributed by atoms with Crippen LogP contribution in [0.15, 0.2) is 28.0 Å². The van der Waals surface area contributed by atoms with Gasteiger partial charge in [0.1, 0.15) is 15.8 Å².